The summed E-state index contributed by atoms with van der Waals surface area (Å²) in [5.74, 6) is -0.160. The van der Waals surface area contributed by atoms with Crippen molar-refractivity contribution < 1.29 is 14.4 Å². The molecule has 0 saturated heterocycles. The van der Waals surface area contributed by atoms with Gasteiger partial charge in [-0.25, -0.2) is 0 Å². The Morgan fingerprint density at radius 2 is 1.70 bits per heavy atom. The highest BCUT2D eigenvalue weighted by atomic mass is 127. The number of amides is 2. The zero-order valence-electron chi connectivity index (χ0n) is 16.5. The maximum atomic E-state index is 12.1. The van der Waals surface area contributed by atoms with Crippen molar-refractivity contribution in [3.05, 3.63) is 33.4 Å². The summed E-state index contributed by atoms with van der Waals surface area (Å²) < 4.78 is 1.21. The summed E-state index contributed by atoms with van der Waals surface area (Å²) in [7, 11) is 0. The average Bonchev–Trinajstić information content (AvgIpc) is 2.61. The Labute approximate surface area is 176 Å². The van der Waals surface area contributed by atoms with Crippen LogP contribution < -0.4 is 10.6 Å². The second kappa shape index (κ2) is 12.9. The maximum absolute atomic E-state index is 12.1. The number of rotatable bonds is 12. The van der Waals surface area contributed by atoms with Crippen LogP contribution in [0, 0.1) is 9.49 Å². The first-order valence-electron chi connectivity index (χ1n) is 9.61. The third kappa shape index (κ3) is 10.5. The largest absolute Gasteiger partial charge is 0.356 e. The third-order valence-corrected chi connectivity index (χ3v) is 5.03. The van der Waals surface area contributed by atoms with Gasteiger partial charge in [0, 0.05) is 29.4 Å². The van der Waals surface area contributed by atoms with Gasteiger partial charge in [-0.3, -0.25) is 14.4 Å². The van der Waals surface area contributed by atoms with Crippen LogP contribution in [0.25, 0.3) is 0 Å². The lowest BCUT2D eigenvalue weighted by Crippen LogP contribution is -2.41. The monoisotopic (exact) mass is 486 g/mol. The quantitative estimate of drug-likeness (QED) is 0.350. The molecule has 0 aromatic heterocycles. The van der Waals surface area contributed by atoms with Crippen LogP contribution in [0.1, 0.15) is 58.4 Å². The van der Waals surface area contributed by atoms with E-state index in [1.807, 2.05) is 13.8 Å². The molecule has 0 radical (unpaired) electrons. The van der Waals surface area contributed by atoms with Crippen LogP contribution in [0.3, 0.4) is 0 Å². The summed E-state index contributed by atoms with van der Waals surface area (Å²) in [4.78, 5) is 35.3. The number of halogens is 1. The molecule has 1 aromatic rings. The van der Waals surface area contributed by atoms with Gasteiger partial charge in [0.15, 0.2) is 5.78 Å². The van der Waals surface area contributed by atoms with E-state index in [0.29, 0.717) is 19.4 Å². The molecule has 1 aromatic carbocycles. The number of ketones is 1. The van der Waals surface area contributed by atoms with Crippen molar-refractivity contribution >= 4 is 40.2 Å². The summed E-state index contributed by atoms with van der Waals surface area (Å²) in [5.41, 5.74) is 1.25. The van der Waals surface area contributed by atoms with E-state index < -0.39 is 6.04 Å². The predicted octanol–water partition coefficient (Wildman–Crippen LogP) is 3.63. The maximum Gasteiger partial charge on any atom is 0.220 e. The molecule has 0 saturated carbocycles. The van der Waals surface area contributed by atoms with E-state index in [1.54, 1.807) is 0 Å². The van der Waals surface area contributed by atoms with E-state index in [4.69, 9.17) is 0 Å². The molecule has 0 aliphatic carbocycles. The Hall–Kier alpha value is -1.44. The van der Waals surface area contributed by atoms with Crippen molar-refractivity contribution in [2.75, 3.05) is 6.54 Å². The number of hydrogen-bond acceptors (Lipinski definition) is 3. The highest BCUT2D eigenvalue weighted by Crippen LogP contribution is 2.10. The van der Waals surface area contributed by atoms with Crippen molar-refractivity contribution in [1.82, 2.24) is 10.6 Å². The molecular formula is C21H31IN2O3. The van der Waals surface area contributed by atoms with Crippen LogP contribution in [0.5, 0.6) is 0 Å². The first-order chi connectivity index (χ1) is 12.8. The number of carbonyl (C=O) groups excluding carboxylic acids is 3. The summed E-state index contributed by atoms with van der Waals surface area (Å²) in [6.07, 6.45) is 4.45. The number of Topliss-reactive ketones (excluding diaryl/α,β-unsaturated/α-hetero) is 1. The molecule has 0 bridgehead atoms. The predicted molar refractivity (Wildman–Crippen MR) is 116 cm³/mol. The first kappa shape index (κ1) is 23.6. The molecule has 0 spiro atoms. The van der Waals surface area contributed by atoms with Crippen LogP contribution >= 0.6 is 22.6 Å². The van der Waals surface area contributed by atoms with Crippen molar-refractivity contribution in [1.29, 1.82) is 0 Å². The lowest BCUT2D eigenvalue weighted by Gasteiger charge is -2.18. The molecular weight excluding hydrogens is 455 g/mol. The van der Waals surface area contributed by atoms with Crippen LogP contribution in [0.15, 0.2) is 24.3 Å². The fourth-order valence-electron chi connectivity index (χ4n) is 2.83. The van der Waals surface area contributed by atoms with Crippen LogP contribution in [-0.2, 0) is 20.8 Å². The number of aryl methyl sites for hydroxylation is 1. The molecule has 5 nitrogen and oxygen atoms in total. The average molecular weight is 486 g/mol. The van der Waals surface area contributed by atoms with Crippen molar-refractivity contribution in [3.8, 4) is 0 Å². The lowest BCUT2D eigenvalue weighted by atomic mass is 9.97. The number of nitrogens with one attached hydrogen (secondary N) is 2. The van der Waals surface area contributed by atoms with Gasteiger partial charge in [-0.2, -0.15) is 0 Å². The van der Waals surface area contributed by atoms with Crippen LogP contribution in [0.2, 0.25) is 0 Å². The molecule has 2 amide bonds. The number of hydrogen-bond donors (Lipinski definition) is 2. The summed E-state index contributed by atoms with van der Waals surface area (Å²) in [6.45, 7) is 5.71. The summed E-state index contributed by atoms with van der Waals surface area (Å²) in [5, 5.41) is 5.66. The fourth-order valence-corrected chi connectivity index (χ4v) is 3.19. The Kier molecular flexibility index (Phi) is 11.2. The second-order valence-electron chi connectivity index (χ2n) is 7.14. The molecule has 6 heteroatoms. The topological polar surface area (TPSA) is 75.3 Å². The number of carbonyl (C=O) groups is 3. The molecule has 0 aliphatic rings. The van der Waals surface area contributed by atoms with Gasteiger partial charge in [-0.15, -0.1) is 0 Å². The van der Waals surface area contributed by atoms with Crippen molar-refractivity contribution in [2.45, 2.75) is 65.3 Å². The van der Waals surface area contributed by atoms with Gasteiger partial charge >= 0.3 is 0 Å². The lowest BCUT2D eigenvalue weighted by molar-refractivity contribution is -0.128. The minimum Gasteiger partial charge on any atom is -0.356 e. The Morgan fingerprint density at radius 1 is 1.04 bits per heavy atom. The molecule has 27 heavy (non-hydrogen) atoms. The van der Waals surface area contributed by atoms with E-state index in [1.165, 1.54) is 16.1 Å². The molecule has 2 N–H and O–H groups in total. The normalized spacial score (nSPS) is 11.9. The standard InChI is InChI=1S/C21H31IN2O3/c1-15(2)21(27)19(24-16(3)25)8-4-5-14-23-20(26)9-6-7-17-10-12-18(22)13-11-17/h10-13,15,19H,4-9,14H2,1-3H3,(H,23,26)(H,24,25)/t19-/m0/s1. The zero-order chi connectivity index (χ0) is 20.2. The van der Waals surface area contributed by atoms with Crippen LogP contribution in [-0.4, -0.2) is 30.2 Å². The van der Waals surface area contributed by atoms with Gasteiger partial charge in [0.2, 0.25) is 11.8 Å². The van der Waals surface area contributed by atoms with Gasteiger partial charge < -0.3 is 10.6 Å². The second-order valence-corrected chi connectivity index (χ2v) is 8.38. The molecule has 1 rings (SSSR count). The number of benzene rings is 1. The van der Waals surface area contributed by atoms with Crippen LogP contribution in [0.4, 0.5) is 0 Å². The number of unbranched alkanes of at least 4 members (excludes halogenated alkanes) is 1. The minimum absolute atomic E-state index is 0.0600. The molecule has 0 unspecified atom stereocenters. The molecule has 0 aliphatic heterocycles. The van der Waals surface area contributed by atoms with Gasteiger partial charge in [0.25, 0.3) is 0 Å². The third-order valence-electron chi connectivity index (χ3n) is 4.31. The van der Waals surface area contributed by atoms with E-state index in [-0.39, 0.29) is 23.5 Å². The SMILES string of the molecule is CC(=O)N[C@@H](CCCCNC(=O)CCCc1ccc(I)cc1)C(=O)C(C)C. The smallest absolute Gasteiger partial charge is 0.220 e. The van der Waals surface area contributed by atoms with Crippen molar-refractivity contribution in [3.63, 3.8) is 0 Å². The fraction of sp³-hybridized carbons (Fsp3) is 0.571. The van der Waals surface area contributed by atoms with Gasteiger partial charge in [-0.05, 0) is 72.4 Å². The van der Waals surface area contributed by atoms with E-state index in [9.17, 15) is 14.4 Å². The first-order valence-corrected chi connectivity index (χ1v) is 10.7. The minimum atomic E-state index is -0.424. The highest BCUT2D eigenvalue weighted by Gasteiger charge is 2.21. The van der Waals surface area contributed by atoms with Gasteiger partial charge in [0.05, 0.1) is 6.04 Å². The van der Waals surface area contributed by atoms with E-state index >= 15 is 0 Å². The summed E-state index contributed by atoms with van der Waals surface area (Å²) in [6, 6.07) is 7.93. The molecule has 0 heterocycles. The van der Waals surface area contributed by atoms with Gasteiger partial charge in [0.1, 0.15) is 0 Å². The van der Waals surface area contributed by atoms with E-state index in [0.717, 1.165) is 25.7 Å². The molecule has 1 atom stereocenters. The zero-order valence-corrected chi connectivity index (χ0v) is 18.7. The van der Waals surface area contributed by atoms with Gasteiger partial charge in [-0.1, -0.05) is 26.0 Å². The summed E-state index contributed by atoms with van der Waals surface area (Å²) >= 11 is 2.28. The highest BCUT2D eigenvalue weighted by molar-refractivity contribution is 14.1. The Balaban J connectivity index is 2.18. The molecule has 0 fully saturated rings. The Morgan fingerprint density at radius 3 is 2.30 bits per heavy atom. The van der Waals surface area contributed by atoms with Crippen molar-refractivity contribution in [2.24, 2.45) is 5.92 Å². The Bertz CT molecular complexity index is 614. The molecule has 150 valence electrons. The van der Waals surface area contributed by atoms with E-state index in [2.05, 4.69) is 57.5 Å².